The van der Waals surface area contributed by atoms with Gasteiger partial charge in [-0.25, -0.2) is 0 Å². The summed E-state index contributed by atoms with van der Waals surface area (Å²) in [7, 11) is 2.03. The Morgan fingerprint density at radius 1 is 0.933 bits per heavy atom. The number of hydrogen-bond acceptors (Lipinski definition) is 2. The first-order valence-corrected chi connectivity index (χ1v) is 11.9. The van der Waals surface area contributed by atoms with Crippen LogP contribution in [0.25, 0.3) is 0 Å². The minimum atomic E-state index is 0.0795. The van der Waals surface area contributed by atoms with Crippen LogP contribution in [-0.2, 0) is 20.0 Å². The summed E-state index contributed by atoms with van der Waals surface area (Å²) < 4.78 is 2.09. The lowest BCUT2D eigenvalue weighted by Crippen LogP contribution is -2.35. The molecule has 2 heterocycles. The van der Waals surface area contributed by atoms with Gasteiger partial charge in [-0.15, -0.1) is 0 Å². The molecular formula is C26H37N3O. The molecule has 1 amide bonds. The summed E-state index contributed by atoms with van der Waals surface area (Å²) in [5.41, 5.74) is 3.49. The summed E-state index contributed by atoms with van der Waals surface area (Å²) >= 11 is 0. The number of nitrogens with zero attached hydrogens (tertiary/aromatic N) is 2. The molecule has 1 N–H and O–H groups in total. The normalized spacial score (nSPS) is 19.1. The summed E-state index contributed by atoms with van der Waals surface area (Å²) in [6.45, 7) is 4.05. The van der Waals surface area contributed by atoms with Gasteiger partial charge in [-0.3, -0.25) is 9.69 Å². The van der Waals surface area contributed by atoms with Gasteiger partial charge in [-0.05, 0) is 74.7 Å². The Kier molecular flexibility index (Phi) is 7.27. The van der Waals surface area contributed by atoms with Crippen molar-refractivity contribution in [2.75, 3.05) is 19.6 Å². The zero-order chi connectivity index (χ0) is 20.8. The van der Waals surface area contributed by atoms with Gasteiger partial charge >= 0.3 is 0 Å². The number of nitrogens with one attached hydrogen (secondary N) is 1. The average molecular weight is 408 g/mol. The molecule has 162 valence electrons. The second kappa shape index (κ2) is 10.3. The quantitative estimate of drug-likeness (QED) is 0.716. The van der Waals surface area contributed by atoms with Gasteiger partial charge in [0.25, 0.3) is 5.91 Å². The molecule has 2 aliphatic rings. The third kappa shape index (κ3) is 5.54. The molecule has 30 heavy (non-hydrogen) atoms. The van der Waals surface area contributed by atoms with Gasteiger partial charge in [0.2, 0.25) is 0 Å². The Balaban J connectivity index is 1.24. The van der Waals surface area contributed by atoms with Crippen molar-refractivity contribution in [2.24, 2.45) is 18.9 Å². The van der Waals surface area contributed by atoms with Crippen LogP contribution in [0.2, 0.25) is 0 Å². The van der Waals surface area contributed by atoms with E-state index in [1.165, 1.54) is 62.6 Å². The largest absolute Gasteiger partial charge is 0.350 e. The maximum atomic E-state index is 12.7. The summed E-state index contributed by atoms with van der Waals surface area (Å²) in [5.74, 6) is 1.54. The third-order valence-electron chi connectivity index (χ3n) is 7.19. The van der Waals surface area contributed by atoms with Crippen molar-refractivity contribution in [1.82, 2.24) is 14.8 Å². The first kappa shape index (κ1) is 21.2. The van der Waals surface area contributed by atoms with E-state index < -0.39 is 0 Å². The molecule has 0 bridgehead atoms. The predicted octanol–water partition coefficient (Wildman–Crippen LogP) is 4.79. The smallest absolute Gasteiger partial charge is 0.267 e. The summed E-state index contributed by atoms with van der Waals surface area (Å²) in [5, 5.41) is 3.18. The molecule has 0 spiro atoms. The van der Waals surface area contributed by atoms with E-state index in [1.807, 2.05) is 13.1 Å². The van der Waals surface area contributed by atoms with E-state index in [0.29, 0.717) is 5.92 Å². The predicted molar refractivity (Wildman–Crippen MR) is 122 cm³/mol. The third-order valence-corrected chi connectivity index (χ3v) is 7.19. The van der Waals surface area contributed by atoms with Gasteiger partial charge in [0.05, 0.1) is 0 Å². The number of piperidine rings is 1. The summed E-state index contributed by atoms with van der Waals surface area (Å²) in [6, 6.07) is 15.0. The number of hydrogen-bond donors (Lipinski definition) is 1. The zero-order valence-corrected chi connectivity index (χ0v) is 18.5. The van der Waals surface area contributed by atoms with Gasteiger partial charge in [-0.1, -0.05) is 49.6 Å². The maximum absolute atomic E-state index is 12.7. The molecular weight excluding hydrogens is 370 g/mol. The first-order valence-electron chi connectivity index (χ1n) is 11.9. The van der Waals surface area contributed by atoms with Gasteiger partial charge in [0.15, 0.2) is 0 Å². The number of amides is 1. The number of carbonyl (C=O) groups is 1. The number of benzene rings is 1. The lowest BCUT2D eigenvalue weighted by atomic mass is 9.89. The highest BCUT2D eigenvalue weighted by Crippen LogP contribution is 2.24. The van der Waals surface area contributed by atoms with E-state index in [4.69, 9.17) is 0 Å². The second-order valence-electron chi connectivity index (χ2n) is 9.39. The van der Waals surface area contributed by atoms with Crippen LogP contribution in [0.3, 0.4) is 0 Å². The molecule has 1 saturated heterocycles. The van der Waals surface area contributed by atoms with E-state index in [0.717, 1.165) is 37.8 Å². The van der Waals surface area contributed by atoms with Crippen molar-refractivity contribution < 1.29 is 4.79 Å². The van der Waals surface area contributed by atoms with Crippen LogP contribution in [0, 0.1) is 11.8 Å². The van der Waals surface area contributed by atoms with Crippen LogP contribution >= 0.6 is 0 Å². The van der Waals surface area contributed by atoms with Crippen molar-refractivity contribution in [3.8, 4) is 0 Å². The highest BCUT2D eigenvalue weighted by Gasteiger charge is 2.22. The molecule has 1 aliphatic heterocycles. The van der Waals surface area contributed by atoms with Gasteiger partial charge < -0.3 is 9.88 Å². The lowest BCUT2D eigenvalue weighted by Gasteiger charge is -2.32. The fourth-order valence-electron chi connectivity index (χ4n) is 5.18. The summed E-state index contributed by atoms with van der Waals surface area (Å²) in [4.78, 5) is 15.2. The van der Waals surface area contributed by atoms with Gasteiger partial charge in [0.1, 0.15) is 5.69 Å². The van der Waals surface area contributed by atoms with Gasteiger partial charge in [-0.2, -0.15) is 0 Å². The topological polar surface area (TPSA) is 37.3 Å². The molecule has 4 nitrogen and oxygen atoms in total. The number of aromatic nitrogens is 1. The Morgan fingerprint density at radius 2 is 1.67 bits per heavy atom. The average Bonchev–Trinajstić information content (AvgIpc) is 3.15. The van der Waals surface area contributed by atoms with E-state index in [9.17, 15) is 4.79 Å². The minimum Gasteiger partial charge on any atom is -0.350 e. The molecule has 1 saturated carbocycles. The van der Waals surface area contributed by atoms with Crippen molar-refractivity contribution >= 4 is 5.91 Å². The van der Waals surface area contributed by atoms with Crippen molar-refractivity contribution in [2.45, 2.75) is 57.9 Å². The van der Waals surface area contributed by atoms with Crippen LogP contribution in [0.4, 0.5) is 0 Å². The molecule has 4 rings (SSSR count). The molecule has 4 heteroatoms. The van der Waals surface area contributed by atoms with Crippen molar-refractivity contribution in [3.63, 3.8) is 0 Å². The monoisotopic (exact) mass is 407 g/mol. The lowest BCUT2D eigenvalue weighted by molar-refractivity contribution is 0.0934. The first-order chi connectivity index (χ1) is 14.7. The highest BCUT2D eigenvalue weighted by molar-refractivity contribution is 5.92. The molecule has 0 unspecified atom stereocenters. The number of likely N-dealkylation sites (tertiary alicyclic amines) is 1. The fourth-order valence-corrected chi connectivity index (χ4v) is 5.18. The van der Waals surface area contributed by atoms with E-state index in [2.05, 4.69) is 51.2 Å². The van der Waals surface area contributed by atoms with E-state index >= 15 is 0 Å². The van der Waals surface area contributed by atoms with Gasteiger partial charge in [0, 0.05) is 25.8 Å². The van der Waals surface area contributed by atoms with E-state index in [-0.39, 0.29) is 5.91 Å². The van der Waals surface area contributed by atoms with Crippen molar-refractivity contribution in [1.29, 1.82) is 0 Å². The van der Waals surface area contributed by atoms with E-state index in [1.54, 1.807) is 0 Å². The molecule has 0 radical (unpaired) electrons. The zero-order valence-electron chi connectivity index (χ0n) is 18.5. The van der Waals surface area contributed by atoms with Crippen LogP contribution in [0.15, 0.2) is 42.5 Å². The molecule has 2 aromatic rings. The highest BCUT2D eigenvalue weighted by atomic mass is 16.1. The molecule has 0 atom stereocenters. The minimum absolute atomic E-state index is 0.0795. The van der Waals surface area contributed by atoms with Crippen LogP contribution in [0.5, 0.6) is 0 Å². The Labute approximate surface area is 181 Å². The van der Waals surface area contributed by atoms with Crippen LogP contribution in [0.1, 0.15) is 66.7 Å². The Hall–Kier alpha value is -2.07. The maximum Gasteiger partial charge on any atom is 0.267 e. The second-order valence-corrected chi connectivity index (χ2v) is 9.39. The molecule has 1 aromatic heterocycles. The van der Waals surface area contributed by atoms with Crippen LogP contribution < -0.4 is 5.32 Å². The molecule has 2 fully saturated rings. The Bertz CT molecular complexity index is 799. The molecule has 1 aliphatic carbocycles. The fraction of sp³-hybridized carbons (Fsp3) is 0.577. The molecule has 1 aromatic carbocycles. The number of carbonyl (C=O) groups excluding carboxylic acids is 1. The standard InChI is InChI=1S/C26H37N3O/c1-28-24(12-13-25(28)26(30)27-19-23-10-6-3-7-11-23)20-29-16-14-22(15-17-29)18-21-8-4-2-5-9-21/h2,4-5,8-9,12-13,22-23H,3,6-7,10-11,14-20H2,1H3,(H,27,30). The van der Waals surface area contributed by atoms with Crippen molar-refractivity contribution in [3.05, 3.63) is 59.4 Å². The summed E-state index contributed by atoms with van der Waals surface area (Å²) in [6.07, 6.45) is 10.2. The SMILES string of the molecule is Cn1c(CN2CCC(Cc3ccccc3)CC2)ccc1C(=O)NCC1CCCCC1. The number of rotatable bonds is 7. The Morgan fingerprint density at radius 3 is 2.40 bits per heavy atom. The van der Waals surface area contributed by atoms with Crippen LogP contribution in [-0.4, -0.2) is 35.0 Å².